The van der Waals surface area contributed by atoms with E-state index >= 15 is 0 Å². The SMILES string of the molecule is CC(C)(CC/C=C/C(=O)Nc1ccccc1N)[C@@H](OC(=O)Nc1ccc(C#N)cc1)c1ccc(O)cc1. The van der Waals surface area contributed by atoms with Gasteiger partial charge in [0.2, 0.25) is 5.91 Å². The number of nitrogens with zero attached hydrogens (tertiary/aromatic N) is 1. The van der Waals surface area contributed by atoms with Gasteiger partial charge in [0, 0.05) is 11.1 Å². The number of amides is 2. The molecule has 1 atom stereocenters. The molecule has 8 heteroatoms. The zero-order chi connectivity index (χ0) is 26.8. The first-order valence-corrected chi connectivity index (χ1v) is 11.8. The molecule has 0 aliphatic carbocycles. The summed E-state index contributed by atoms with van der Waals surface area (Å²) >= 11 is 0. The van der Waals surface area contributed by atoms with Gasteiger partial charge in [-0.2, -0.15) is 5.26 Å². The fraction of sp³-hybridized carbons (Fsp3) is 0.207. The van der Waals surface area contributed by atoms with E-state index in [1.54, 1.807) is 78.9 Å². The molecule has 8 nitrogen and oxygen atoms in total. The number of carbonyl (C=O) groups is 2. The summed E-state index contributed by atoms with van der Waals surface area (Å²) in [6, 6.07) is 22.0. The number of benzene rings is 3. The van der Waals surface area contributed by atoms with E-state index in [0.29, 0.717) is 35.5 Å². The molecule has 0 fully saturated rings. The standard InChI is InChI=1S/C29H30N4O4/c1-29(2,18-6-5-9-26(35)33-25-8-4-3-7-24(25)31)27(21-12-16-23(34)17-13-21)37-28(36)32-22-14-10-20(19-30)11-15-22/h3-5,7-17,27,34H,6,18,31H2,1-2H3,(H,32,36)(H,33,35)/b9-5+/t27-/m0/s1. The van der Waals surface area contributed by atoms with Gasteiger partial charge in [0.25, 0.3) is 0 Å². The van der Waals surface area contributed by atoms with E-state index in [0.717, 1.165) is 5.56 Å². The van der Waals surface area contributed by atoms with Crippen molar-refractivity contribution in [1.82, 2.24) is 0 Å². The molecule has 0 unspecified atom stereocenters. The number of para-hydroxylation sites is 2. The topological polar surface area (TPSA) is 137 Å². The highest BCUT2D eigenvalue weighted by Crippen LogP contribution is 2.41. The van der Waals surface area contributed by atoms with Crippen LogP contribution in [0.1, 0.15) is 43.9 Å². The molecular formula is C29H30N4O4. The molecule has 0 spiro atoms. The van der Waals surface area contributed by atoms with Gasteiger partial charge in [-0.3, -0.25) is 10.1 Å². The van der Waals surface area contributed by atoms with Crippen LogP contribution in [0.5, 0.6) is 5.75 Å². The molecular weight excluding hydrogens is 468 g/mol. The van der Waals surface area contributed by atoms with Crippen LogP contribution in [0.3, 0.4) is 0 Å². The first-order valence-electron chi connectivity index (χ1n) is 11.8. The highest BCUT2D eigenvalue weighted by Gasteiger charge is 2.34. The first kappa shape index (κ1) is 26.8. The number of hydrogen-bond acceptors (Lipinski definition) is 6. The molecule has 0 aliphatic rings. The number of ether oxygens (including phenoxy) is 1. The van der Waals surface area contributed by atoms with Crippen LogP contribution in [0, 0.1) is 16.7 Å². The summed E-state index contributed by atoms with van der Waals surface area (Å²) in [4.78, 5) is 25.0. The third kappa shape index (κ3) is 7.87. The minimum absolute atomic E-state index is 0.107. The lowest BCUT2D eigenvalue weighted by Gasteiger charge is -2.34. The summed E-state index contributed by atoms with van der Waals surface area (Å²) in [6.07, 6.45) is 3.08. The third-order valence-electron chi connectivity index (χ3n) is 5.83. The van der Waals surface area contributed by atoms with Crippen molar-refractivity contribution in [3.05, 3.63) is 96.1 Å². The van der Waals surface area contributed by atoms with Gasteiger partial charge in [0.05, 0.1) is 23.0 Å². The van der Waals surface area contributed by atoms with E-state index < -0.39 is 17.6 Å². The monoisotopic (exact) mass is 498 g/mol. The Hall–Kier alpha value is -4.77. The average Bonchev–Trinajstić information content (AvgIpc) is 2.88. The number of carbonyl (C=O) groups excluding carboxylic acids is 2. The zero-order valence-corrected chi connectivity index (χ0v) is 20.8. The first-order chi connectivity index (χ1) is 17.7. The predicted molar refractivity (Wildman–Crippen MR) is 144 cm³/mol. The van der Waals surface area contributed by atoms with Crippen molar-refractivity contribution in [2.45, 2.75) is 32.8 Å². The Balaban J connectivity index is 1.66. The van der Waals surface area contributed by atoms with E-state index in [4.69, 9.17) is 15.7 Å². The molecule has 3 aromatic carbocycles. The second kappa shape index (κ2) is 12.3. The van der Waals surface area contributed by atoms with E-state index in [1.807, 2.05) is 19.9 Å². The summed E-state index contributed by atoms with van der Waals surface area (Å²) in [6.45, 7) is 3.94. The molecule has 37 heavy (non-hydrogen) atoms. The van der Waals surface area contributed by atoms with Crippen molar-refractivity contribution in [2.24, 2.45) is 5.41 Å². The molecule has 190 valence electrons. The minimum Gasteiger partial charge on any atom is -0.508 e. The number of hydrogen-bond donors (Lipinski definition) is 4. The van der Waals surface area contributed by atoms with Crippen molar-refractivity contribution in [1.29, 1.82) is 5.26 Å². The average molecular weight is 499 g/mol. The van der Waals surface area contributed by atoms with Crippen molar-refractivity contribution >= 4 is 29.1 Å². The number of nitrogen functional groups attached to an aromatic ring is 1. The van der Waals surface area contributed by atoms with Gasteiger partial charge in [-0.1, -0.05) is 44.2 Å². The fourth-order valence-electron chi connectivity index (χ4n) is 3.77. The summed E-state index contributed by atoms with van der Waals surface area (Å²) < 4.78 is 5.86. The van der Waals surface area contributed by atoms with E-state index in [-0.39, 0.29) is 11.7 Å². The molecule has 0 aliphatic heterocycles. The van der Waals surface area contributed by atoms with Crippen molar-refractivity contribution in [3.8, 4) is 11.8 Å². The van der Waals surface area contributed by atoms with Gasteiger partial charge in [-0.15, -0.1) is 0 Å². The molecule has 3 rings (SSSR count). The second-order valence-electron chi connectivity index (χ2n) is 9.20. The molecule has 5 N–H and O–H groups in total. The van der Waals surface area contributed by atoms with Crippen LogP contribution < -0.4 is 16.4 Å². The number of nitrogens with two attached hydrogens (primary N) is 1. The Kier molecular flexibility index (Phi) is 8.90. The molecule has 0 heterocycles. The number of allylic oxidation sites excluding steroid dienone is 1. The maximum absolute atomic E-state index is 12.8. The molecule has 0 radical (unpaired) electrons. The Morgan fingerprint density at radius 1 is 1.05 bits per heavy atom. The van der Waals surface area contributed by atoms with Crippen molar-refractivity contribution < 1.29 is 19.4 Å². The largest absolute Gasteiger partial charge is 0.508 e. The Bertz CT molecular complexity index is 1290. The zero-order valence-electron chi connectivity index (χ0n) is 20.8. The van der Waals surface area contributed by atoms with Crippen LogP contribution in [-0.4, -0.2) is 17.1 Å². The van der Waals surface area contributed by atoms with Crippen LogP contribution in [0.2, 0.25) is 0 Å². The number of phenolic OH excluding ortho intramolecular Hbond substituents is 1. The van der Waals surface area contributed by atoms with Gasteiger partial charge in [-0.25, -0.2) is 4.79 Å². The highest BCUT2D eigenvalue weighted by molar-refractivity contribution is 6.01. The lowest BCUT2D eigenvalue weighted by molar-refractivity contribution is -0.111. The minimum atomic E-state index is -0.647. The second-order valence-corrected chi connectivity index (χ2v) is 9.20. The molecule has 2 amide bonds. The smallest absolute Gasteiger partial charge is 0.412 e. The van der Waals surface area contributed by atoms with Crippen LogP contribution in [-0.2, 0) is 9.53 Å². The van der Waals surface area contributed by atoms with Gasteiger partial charge in [-0.05, 0) is 73.0 Å². The number of rotatable bonds is 9. The van der Waals surface area contributed by atoms with Crippen LogP contribution >= 0.6 is 0 Å². The van der Waals surface area contributed by atoms with Gasteiger partial charge in [0.15, 0.2) is 0 Å². The Morgan fingerprint density at radius 3 is 2.38 bits per heavy atom. The van der Waals surface area contributed by atoms with E-state index in [2.05, 4.69) is 10.6 Å². The highest BCUT2D eigenvalue weighted by atomic mass is 16.6. The van der Waals surface area contributed by atoms with Crippen LogP contribution in [0.4, 0.5) is 21.9 Å². The number of anilines is 3. The molecule has 3 aromatic rings. The van der Waals surface area contributed by atoms with Crippen LogP contribution in [0.15, 0.2) is 84.9 Å². The summed E-state index contributed by atoms with van der Waals surface area (Å²) in [5.41, 5.74) is 8.08. The van der Waals surface area contributed by atoms with Gasteiger partial charge in [0.1, 0.15) is 11.9 Å². The third-order valence-corrected chi connectivity index (χ3v) is 5.83. The lowest BCUT2D eigenvalue weighted by atomic mass is 9.78. The van der Waals surface area contributed by atoms with Crippen molar-refractivity contribution in [3.63, 3.8) is 0 Å². The predicted octanol–water partition coefficient (Wildman–Crippen LogP) is 6.14. The maximum atomic E-state index is 12.8. The Labute approximate surface area is 216 Å². The molecule has 0 bridgehead atoms. The van der Waals surface area contributed by atoms with Crippen molar-refractivity contribution in [2.75, 3.05) is 16.4 Å². The quantitative estimate of drug-likeness (QED) is 0.207. The number of nitriles is 1. The van der Waals surface area contributed by atoms with E-state index in [9.17, 15) is 14.7 Å². The lowest BCUT2D eigenvalue weighted by Crippen LogP contribution is -2.29. The molecule has 0 aromatic heterocycles. The van der Waals surface area contributed by atoms with Gasteiger partial charge < -0.3 is 20.9 Å². The number of nitrogens with one attached hydrogen (secondary N) is 2. The summed E-state index contributed by atoms with van der Waals surface area (Å²) in [7, 11) is 0. The number of aromatic hydroxyl groups is 1. The van der Waals surface area contributed by atoms with E-state index in [1.165, 1.54) is 6.08 Å². The molecule has 0 saturated heterocycles. The molecule has 0 saturated carbocycles. The number of phenols is 1. The Morgan fingerprint density at radius 2 is 1.73 bits per heavy atom. The van der Waals surface area contributed by atoms with Crippen LogP contribution in [0.25, 0.3) is 0 Å². The summed E-state index contributed by atoms with van der Waals surface area (Å²) in [5.74, 6) is -0.181. The maximum Gasteiger partial charge on any atom is 0.412 e. The van der Waals surface area contributed by atoms with Gasteiger partial charge >= 0.3 is 6.09 Å². The summed E-state index contributed by atoms with van der Waals surface area (Å²) in [5, 5.41) is 24.1. The normalized spacial score (nSPS) is 11.9. The fourth-order valence-corrected chi connectivity index (χ4v) is 3.77.